The van der Waals surface area contributed by atoms with Crippen molar-refractivity contribution in [3.63, 3.8) is 0 Å². The second-order valence-electron chi connectivity index (χ2n) is 4.75. The van der Waals surface area contributed by atoms with Crippen LogP contribution >= 0.6 is 0 Å². The minimum atomic E-state index is -0.613. The van der Waals surface area contributed by atoms with Gasteiger partial charge in [0.2, 0.25) is 5.91 Å². The first kappa shape index (κ1) is 16.8. The normalized spacial score (nSPS) is 11.9. The smallest absolute Gasteiger partial charge is 0.285 e. The molecule has 1 unspecified atom stereocenters. The van der Waals surface area contributed by atoms with Crippen LogP contribution in [0.2, 0.25) is 0 Å². The summed E-state index contributed by atoms with van der Waals surface area (Å²) >= 11 is 0. The fraction of sp³-hybridized carbons (Fsp3) is 0.538. The second kappa shape index (κ2) is 8.15. The zero-order valence-electron chi connectivity index (χ0n) is 11.9. The van der Waals surface area contributed by atoms with Crippen LogP contribution in [0.4, 0.5) is 5.69 Å². The van der Waals surface area contributed by atoms with E-state index in [0.29, 0.717) is 6.54 Å². The summed E-state index contributed by atoms with van der Waals surface area (Å²) in [5.41, 5.74) is 4.88. The number of nitro groups is 1. The van der Waals surface area contributed by atoms with E-state index >= 15 is 0 Å². The van der Waals surface area contributed by atoms with E-state index in [1.807, 2.05) is 6.92 Å². The third kappa shape index (κ3) is 5.35. The molecule has 8 nitrogen and oxygen atoms in total. The first-order valence-corrected chi connectivity index (χ1v) is 6.82. The van der Waals surface area contributed by atoms with Gasteiger partial charge in [-0.25, -0.2) is 0 Å². The van der Waals surface area contributed by atoms with Crippen molar-refractivity contribution >= 4 is 11.6 Å². The molecule has 1 aromatic rings. The Kier molecular flexibility index (Phi) is 6.54. The van der Waals surface area contributed by atoms with Crippen LogP contribution in [0.25, 0.3) is 0 Å². The van der Waals surface area contributed by atoms with Crippen LogP contribution in [0.15, 0.2) is 23.1 Å². The van der Waals surface area contributed by atoms with Crippen molar-refractivity contribution in [2.45, 2.75) is 38.8 Å². The molecule has 21 heavy (non-hydrogen) atoms. The Hall–Kier alpha value is -2.22. The number of nitrogens with zero attached hydrogens (tertiary/aromatic N) is 2. The molecule has 0 aromatic carbocycles. The third-order valence-corrected chi connectivity index (χ3v) is 3.05. The topological polar surface area (TPSA) is 120 Å². The predicted molar refractivity (Wildman–Crippen MR) is 77.9 cm³/mol. The molecule has 1 rings (SSSR count). The molecule has 1 aromatic heterocycles. The lowest BCUT2D eigenvalue weighted by atomic mass is 10.1. The van der Waals surface area contributed by atoms with Crippen molar-refractivity contribution in [3.8, 4) is 0 Å². The number of hydrogen-bond donors (Lipinski definition) is 2. The molecule has 0 radical (unpaired) electrons. The summed E-state index contributed by atoms with van der Waals surface area (Å²) < 4.78 is 1.01. The van der Waals surface area contributed by atoms with Gasteiger partial charge in [0.05, 0.1) is 11.1 Å². The minimum Gasteiger partial charge on any atom is -0.351 e. The van der Waals surface area contributed by atoms with Gasteiger partial charge in [0.1, 0.15) is 6.54 Å². The van der Waals surface area contributed by atoms with Crippen LogP contribution in [-0.2, 0) is 11.3 Å². The number of unbranched alkanes of at least 4 members (excludes halogenated alkanes) is 1. The molecule has 0 fully saturated rings. The largest absolute Gasteiger partial charge is 0.351 e. The molecule has 1 heterocycles. The van der Waals surface area contributed by atoms with Crippen LogP contribution < -0.4 is 16.6 Å². The minimum absolute atomic E-state index is 0.146. The Morgan fingerprint density at radius 2 is 2.24 bits per heavy atom. The fourth-order valence-corrected chi connectivity index (χ4v) is 1.88. The lowest BCUT2D eigenvalue weighted by Gasteiger charge is -2.16. The number of aromatic nitrogens is 1. The SMILES string of the molecule is CCCCC(CN)NC(=O)Cn1cc([N+](=O)[O-])ccc1=O. The van der Waals surface area contributed by atoms with E-state index in [1.54, 1.807) is 0 Å². The molecule has 0 aliphatic heterocycles. The molecule has 0 bridgehead atoms. The van der Waals surface area contributed by atoms with Crippen molar-refractivity contribution in [2.75, 3.05) is 6.54 Å². The summed E-state index contributed by atoms with van der Waals surface area (Å²) in [5, 5.41) is 13.4. The van der Waals surface area contributed by atoms with E-state index in [1.165, 1.54) is 0 Å². The Morgan fingerprint density at radius 1 is 1.52 bits per heavy atom. The Labute approximate surface area is 122 Å². The van der Waals surface area contributed by atoms with Gasteiger partial charge in [0, 0.05) is 24.7 Å². The summed E-state index contributed by atoms with van der Waals surface area (Å²) in [7, 11) is 0. The molecular weight excluding hydrogens is 276 g/mol. The number of hydrogen-bond acceptors (Lipinski definition) is 5. The highest BCUT2D eigenvalue weighted by Gasteiger charge is 2.13. The third-order valence-electron chi connectivity index (χ3n) is 3.05. The van der Waals surface area contributed by atoms with Crippen LogP contribution in [0.5, 0.6) is 0 Å². The number of carbonyl (C=O) groups is 1. The molecule has 1 amide bonds. The Balaban J connectivity index is 2.71. The van der Waals surface area contributed by atoms with E-state index in [2.05, 4.69) is 5.32 Å². The van der Waals surface area contributed by atoms with Gasteiger partial charge in [-0.1, -0.05) is 19.8 Å². The van der Waals surface area contributed by atoms with Crippen LogP contribution in [-0.4, -0.2) is 28.0 Å². The van der Waals surface area contributed by atoms with Gasteiger partial charge in [-0.3, -0.25) is 24.3 Å². The zero-order chi connectivity index (χ0) is 15.8. The first-order valence-electron chi connectivity index (χ1n) is 6.82. The molecule has 3 N–H and O–H groups in total. The lowest BCUT2D eigenvalue weighted by molar-refractivity contribution is -0.385. The monoisotopic (exact) mass is 296 g/mol. The summed E-state index contributed by atoms with van der Waals surface area (Å²) in [4.78, 5) is 33.5. The molecule has 116 valence electrons. The van der Waals surface area contributed by atoms with Crippen molar-refractivity contribution in [2.24, 2.45) is 5.73 Å². The van der Waals surface area contributed by atoms with Gasteiger partial charge < -0.3 is 11.1 Å². The number of rotatable bonds is 8. The second-order valence-corrected chi connectivity index (χ2v) is 4.75. The molecule has 0 aliphatic carbocycles. The zero-order valence-corrected chi connectivity index (χ0v) is 11.9. The van der Waals surface area contributed by atoms with E-state index in [4.69, 9.17) is 5.73 Å². The average molecular weight is 296 g/mol. The number of carbonyl (C=O) groups excluding carboxylic acids is 1. The highest BCUT2D eigenvalue weighted by molar-refractivity contribution is 5.76. The fourth-order valence-electron chi connectivity index (χ4n) is 1.88. The van der Waals surface area contributed by atoms with Crippen molar-refractivity contribution < 1.29 is 9.72 Å². The van der Waals surface area contributed by atoms with Gasteiger partial charge >= 0.3 is 0 Å². The standard InChI is InChI=1S/C13H20N4O4/c1-2-3-4-10(7-14)15-12(18)9-16-8-11(17(20)21)5-6-13(16)19/h5-6,8,10H,2-4,7,9,14H2,1H3,(H,15,18). The van der Waals surface area contributed by atoms with Gasteiger partial charge in [0.25, 0.3) is 11.2 Å². The van der Waals surface area contributed by atoms with Crippen molar-refractivity contribution in [1.29, 1.82) is 0 Å². The van der Waals surface area contributed by atoms with E-state index in [0.717, 1.165) is 42.2 Å². The van der Waals surface area contributed by atoms with E-state index in [9.17, 15) is 19.7 Å². The van der Waals surface area contributed by atoms with Gasteiger partial charge in [-0.05, 0) is 6.42 Å². The predicted octanol–water partition coefficient (Wildman–Crippen LogP) is 0.390. The molecular formula is C13H20N4O4. The van der Waals surface area contributed by atoms with Crippen LogP contribution in [0.1, 0.15) is 26.2 Å². The van der Waals surface area contributed by atoms with Gasteiger partial charge in [-0.15, -0.1) is 0 Å². The average Bonchev–Trinajstić information content (AvgIpc) is 2.45. The molecule has 8 heteroatoms. The Bertz CT molecular complexity index is 555. The van der Waals surface area contributed by atoms with Crippen molar-refractivity contribution in [1.82, 2.24) is 9.88 Å². The highest BCUT2D eigenvalue weighted by atomic mass is 16.6. The Morgan fingerprint density at radius 3 is 2.81 bits per heavy atom. The highest BCUT2D eigenvalue weighted by Crippen LogP contribution is 2.06. The molecule has 0 saturated heterocycles. The maximum Gasteiger partial charge on any atom is 0.285 e. The number of nitrogens with two attached hydrogens (primary N) is 1. The summed E-state index contributed by atoms with van der Waals surface area (Å²) in [5.74, 6) is -0.385. The molecule has 0 spiro atoms. The van der Waals surface area contributed by atoms with Crippen molar-refractivity contribution in [3.05, 3.63) is 38.8 Å². The summed E-state index contributed by atoms with van der Waals surface area (Å²) in [6.07, 6.45) is 3.77. The molecule has 0 saturated carbocycles. The van der Waals surface area contributed by atoms with Gasteiger partial charge in [0.15, 0.2) is 0 Å². The molecule has 0 aliphatic rings. The number of nitrogens with one attached hydrogen (secondary N) is 1. The van der Waals surface area contributed by atoms with Crippen LogP contribution in [0, 0.1) is 10.1 Å². The van der Waals surface area contributed by atoms with Crippen LogP contribution in [0.3, 0.4) is 0 Å². The molecule has 1 atom stereocenters. The number of amides is 1. The van der Waals surface area contributed by atoms with E-state index in [-0.39, 0.29) is 24.2 Å². The summed E-state index contributed by atoms with van der Waals surface area (Å²) in [6.45, 7) is 2.09. The maximum absolute atomic E-state index is 11.9. The quantitative estimate of drug-likeness (QED) is 0.531. The number of pyridine rings is 1. The lowest BCUT2D eigenvalue weighted by Crippen LogP contribution is -2.42. The first-order chi connectivity index (χ1) is 9.97. The van der Waals surface area contributed by atoms with E-state index < -0.39 is 10.5 Å². The maximum atomic E-state index is 11.9. The van der Waals surface area contributed by atoms with Gasteiger partial charge in [-0.2, -0.15) is 0 Å². The summed E-state index contributed by atoms with van der Waals surface area (Å²) in [6, 6.07) is 2.04.